The van der Waals surface area contributed by atoms with E-state index in [1.54, 1.807) is 0 Å². The first-order valence-electron chi connectivity index (χ1n) is 19.2. The Morgan fingerprint density at radius 3 is 1.71 bits per heavy atom. The largest absolute Gasteiger partial charge is 0.445 e. The zero-order chi connectivity index (χ0) is 40.8. The number of hydrogen-bond donors (Lipinski definition) is 9. The molecule has 19 nitrogen and oxygen atoms in total. The first-order chi connectivity index (χ1) is 26.8. The summed E-state index contributed by atoms with van der Waals surface area (Å²) >= 11 is 0. The fourth-order valence-corrected chi connectivity index (χ4v) is 6.67. The molecule has 1 aromatic carbocycles. The van der Waals surface area contributed by atoms with Crippen LogP contribution in [0, 0.1) is 11.8 Å². The third-order valence-electron chi connectivity index (χ3n) is 10.1. The predicted molar refractivity (Wildman–Crippen MR) is 194 cm³/mol. The highest BCUT2D eigenvalue weighted by atomic mass is 16.7. The van der Waals surface area contributed by atoms with Crippen molar-refractivity contribution in [1.29, 1.82) is 0 Å². The molecule has 0 saturated carbocycles. The number of amides is 4. The molecule has 0 radical (unpaired) electrons. The maximum absolute atomic E-state index is 13.4. The normalized spacial score (nSPS) is 32.0. The number of likely N-dealkylation sites (tertiary alicyclic amines) is 1. The summed E-state index contributed by atoms with van der Waals surface area (Å²) in [7, 11) is 0. The van der Waals surface area contributed by atoms with Gasteiger partial charge in [0.2, 0.25) is 17.7 Å². The molecule has 3 fully saturated rings. The van der Waals surface area contributed by atoms with Crippen LogP contribution in [0.25, 0.3) is 0 Å². The van der Waals surface area contributed by atoms with Gasteiger partial charge in [0.15, 0.2) is 12.6 Å². The minimum absolute atomic E-state index is 0.00957. The molecule has 3 heterocycles. The Bertz CT molecular complexity index is 1330. The van der Waals surface area contributed by atoms with Crippen molar-refractivity contribution < 1.29 is 73.5 Å². The van der Waals surface area contributed by atoms with Crippen LogP contribution in [-0.4, -0.2) is 167 Å². The Kier molecular flexibility index (Phi) is 18.1. The average molecular weight is 799 g/mol. The number of carbonyl (C=O) groups is 4. The number of hydrogen-bond acceptors (Lipinski definition) is 15. The molecule has 0 spiro atoms. The number of ether oxygens (including phenoxy) is 5. The Balaban J connectivity index is 1.23. The molecule has 3 aliphatic heterocycles. The molecule has 3 saturated heterocycles. The molecule has 316 valence electrons. The summed E-state index contributed by atoms with van der Waals surface area (Å²) in [5, 5.41) is 68.3. The van der Waals surface area contributed by atoms with Crippen molar-refractivity contribution in [2.24, 2.45) is 11.8 Å². The Labute approximate surface area is 325 Å². The highest BCUT2D eigenvalue weighted by molar-refractivity contribution is 5.85. The van der Waals surface area contributed by atoms with Crippen LogP contribution in [0.1, 0.15) is 51.5 Å². The molecule has 0 aliphatic carbocycles. The van der Waals surface area contributed by atoms with E-state index in [0.717, 1.165) is 5.56 Å². The van der Waals surface area contributed by atoms with Gasteiger partial charge in [0.25, 0.3) is 0 Å². The van der Waals surface area contributed by atoms with Crippen LogP contribution in [0.15, 0.2) is 30.3 Å². The van der Waals surface area contributed by atoms with E-state index < -0.39 is 91.2 Å². The van der Waals surface area contributed by atoms with Crippen LogP contribution in [0.5, 0.6) is 0 Å². The van der Waals surface area contributed by atoms with Crippen molar-refractivity contribution in [1.82, 2.24) is 20.9 Å². The highest BCUT2D eigenvalue weighted by Gasteiger charge is 2.44. The number of piperidine rings is 1. The fraction of sp³-hybridized carbons (Fsp3) is 0.730. The van der Waals surface area contributed by atoms with Gasteiger partial charge in [-0.25, -0.2) is 4.79 Å². The van der Waals surface area contributed by atoms with E-state index in [1.807, 2.05) is 30.3 Å². The minimum Gasteiger partial charge on any atom is -0.445 e. The van der Waals surface area contributed by atoms with Crippen LogP contribution in [-0.2, 0) is 44.7 Å². The maximum Gasteiger partial charge on any atom is 0.407 e. The van der Waals surface area contributed by atoms with Gasteiger partial charge in [-0.05, 0) is 38.7 Å². The Morgan fingerprint density at radius 1 is 0.679 bits per heavy atom. The lowest BCUT2D eigenvalue weighted by molar-refractivity contribution is -0.292. The van der Waals surface area contributed by atoms with Gasteiger partial charge in [-0.1, -0.05) is 36.8 Å². The second kappa shape index (κ2) is 22.4. The second-order valence-electron chi connectivity index (χ2n) is 14.4. The van der Waals surface area contributed by atoms with E-state index in [1.165, 1.54) is 18.7 Å². The number of aliphatic hydroxyl groups is 6. The molecule has 2 unspecified atom stereocenters. The number of benzene rings is 1. The van der Waals surface area contributed by atoms with E-state index in [2.05, 4.69) is 16.0 Å². The summed E-state index contributed by atoms with van der Waals surface area (Å²) in [4.78, 5) is 53.5. The van der Waals surface area contributed by atoms with Crippen molar-refractivity contribution in [2.45, 2.75) is 114 Å². The monoisotopic (exact) mass is 798 g/mol. The zero-order valence-corrected chi connectivity index (χ0v) is 31.8. The molecule has 3 aliphatic rings. The molecule has 0 aromatic heterocycles. The molecule has 19 heteroatoms. The number of rotatable bonds is 18. The zero-order valence-electron chi connectivity index (χ0n) is 31.8. The molecular weight excluding hydrogens is 740 g/mol. The smallest absolute Gasteiger partial charge is 0.407 e. The molecule has 1 aromatic rings. The molecule has 9 N–H and O–H groups in total. The van der Waals surface area contributed by atoms with Gasteiger partial charge in [-0.15, -0.1) is 0 Å². The first kappa shape index (κ1) is 45.2. The van der Waals surface area contributed by atoms with Crippen molar-refractivity contribution in [3.05, 3.63) is 35.9 Å². The molecule has 4 rings (SSSR count). The summed E-state index contributed by atoms with van der Waals surface area (Å²) in [6, 6.07) is 9.29. The van der Waals surface area contributed by atoms with E-state index in [9.17, 15) is 49.8 Å². The molecule has 0 bridgehead atoms. The third-order valence-corrected chi connectivity index (χ3v) is 10.1. The van der Waals surface area contributed by atoms with Crippen LogP contribution in [0.4, 0.5) is 4.79 Å². The van der Waals surface area contributed by atoms with E-state index in [4.69, 9.17) is 23.7 Å². The van der Waals surface area contributed by atoms with E-state index >= 15 is 0 Å². The van der Waals surface area contributed by atoms with E-state index in [0.29, 0.717) is 25.8 Å². The third kappa shape index (κ3) is 13.3. The van der Waals surface area contributed by atoms with Gasteiger partial charge in [0, 0.05) is 39.1 Å². The quantitative estimate of drug-likeness (QED) is 0.0717. The molecule has 4 amide bonds. The van der Waals surface area contributed by atoms with Crippen LogP contribution in [0.2, 0.25) is 0 Å². The second-order valence-corrected chi connectivity index (χ2v) is 14.4. The number of unbranched alkanes of at least 4 members (excludes halogenated alkanes) is 2. The lowest BCUT2D eigenvalue weighted by Crippen LogP contribution is -2.57. The fourth-order valence-electron chi connectivity index (χ4n) is 6.67. The average Bonchev–Trinajstić information content (AvgIpc) is 3.20. The standard InChI is InChI=1S/C37H58N4O15/c1-21-27(43)29(45)31(47)35(55-21)52-15-13-38-33(49)24-17-25(34(50)39-14-16-53-36-32(48)30(46)28(44)22(2)56-36)19-41(18-24)26(42)11-7-4-8-12-40-37(51)54-20-23-9-5-3-6-10-23/h3,5-6,9-10,21-22,24-25,27-32,35-36,43-48H,4,7-8,11-20H2,1-2H3,(H,38,49)(H,39,50)(H,40,51)/t21-,22-,24?,25?,27+,28+,29+,30+,31-,32-,35+,36+/m0/s1. The summed E-state index contributed by atoms with van der Waals surface area (Å²) in [6.07, 6.45) is -11.0. The van der Waals surface area contributed by atoms with Gasteiger partial charge in [0.05, 0.1) is 37.3 Å². The lowest BCUT2D eigenvalue weighted by Gasteiger charge is -2.39. The Morgan fingerprint density at radius 2 is 1.20 bits per heavy atom. The van der Waals surface area contributed by atoms with Gasteiger partial charge in [-0.3, -0.25) is 14.4 Å². The first-order valence-corrected chi connectivity index (χ1v) is 19.2. The van der Waals surface area contributed by atoms with Crippen LogP contribution >= 0.6 is 0 Å². The summed E-state index contributed by atoms with van der Waals surface area (Å²) in [5.74, 6) is -2.59. The van der Waals surface area contributed by atoms with Gasteiger partial charge in [-0.2, -0.15) is 0 Å². The summed E-state index contributed by atoms with van der Waals surface area (Å²) in [6.45, 7) is 3.48. The van der Waals surface area contributed by atoms with E-state index in [-0.39, 0.29) is 64.7 Å². The van der Waals surface area contributed by atoms with Crippen molar-refractivity contribution in [3.8, 4) is 0 Å². The van der Waals surface area contributed by atoms with Crippen LogP contribution < -0.4 is 16.0 Å². The maximum atomic E-state index is 13.4. The van der Waals surface area contributed by atoms with Gasteiger partial charge < -0.3 is 75.2 Å². The molecule has 56 heavy (non-hydrogen) atoms. The highest BCUT2D eigenvalue weighted by Crippen LogP contribution is 2.25. The molecule has 12 atom stereocenters. The summed E-state index contributed by atoms with van der Waals surface area (Å²) in [5.41, 5.74) is 0.870. The number of nitrogens with one attached hydrogen (secondary N) is 3. The molecular formula is C37H58N4O15. The van der Waals surface area contributed by atoms with Crippen molar-refractivity contribution in [2.75, 3.05) is 45.9 Å². The van der Waals surface area contributed by atoms with Gasteiger partial charge in [0.1, 0.15) is 43.2 Å². The minimum atomic E-state index is -1.50. The Hall–Kier alpha value is -3.50. The number of aliphatic hydroxyl groups excluding tert-OH is 6. The number of carbonyl (C=O) groups excluding carboxylic acids is 4. The summed E-state index contributed by atoms with van der Waals surface area (Å²) < 4.78 is 27.0. The number of nitrogens with zero attached hydrogens (tertiary/aromatic N) is 1. The topological polar surface area (TPSA) is 275 Å². The van der Waals surface area contributed by atoms with Crippen molar-refractivity contribution >= 4 is 23.8 Å². The van der Waals surface area contributed by atoms with Gasteiger partial charge >= 0.3 is 6.09 Å². The number of alkyl carbamates (subject to hydrolysis) is 1. The predicted octanol–water partition coefficient (Wildman–Crippen LogP) is -2.14. The van der Waals surface area contributed by atoms with Crippen molar-refractivity contribution in [3.63, 3.8) is 0 Å². The van der Waals surface area contributed by atoms with Crippen LogP contribution in [0.3, 0.4) is 0 Å². The lowest BCUT2D eigenvalue weighted by atomic mass is 9.87. The SMILES string of the molecule is C[C@@H]1O[C@@H](OCCNC(=O)C2CC(C(=O)NCCO[C@@H]3O[C@@H](C)[C@@H](O)[C@@H](O)[C@@H]3O)CN(C(=O)CCCCCNC(=O)OCc3ccccc3)C2)[C@@H](O)[C@H](O)[C@@H]1O.